The number of alkyl halides is 1. The zero-order chi connectivity index (χ0) is 27.6. The van der Waals surface area contributed by atoms with Crippen LogP contribution in [-0.4, -0.2) is 55.6 Å². The van der Waals surface area contributed by atoms with Crippen molar-refractivity contribution in [2.75, 3.05) is 5.88 Å². The fraction of sp³-hybridized carbons (Fsp3) is 0.857. The van der Waals surface area contributed by atoms with Gasteiger partial charge in [0.1, 0.15) is 0 Å². The van der Waals surface area contributed by atoms with E-state index < -0.39 is 45.2 Å². The van der Waals surface area contributed by atoms with Crippen LogP contribution in [0.3, 0.4) is 0 Å². The lowest BCUT2D eigenvalue weighted by Crippen LogP contribution is -2.65. The Morgan fingerprint density at radius 2 is 1.57 bits per heavy atom. The van der Waals surface area contributed by atoms with Crippen LogP contribution in [0.2, 0.25) is 0 Å². The van der Waals surface area contributed by atoms with E-state index >= 15 is 0 Å². The van der Waals surface area contributed by atoms with Crippen LogP contribution in [0.4, 0.5) is 0 Å². The summed E-state index contributed by atoms with van der Waals surface area (Å²) in [7, 11) is 0. The number of rotatable bonds is 8. The number of carbonyl (C=O) groups is 4. The van der Waals surface area contributed by atoms with Gasteiger partial charge in [-0.25, -0.2) is 0 Å². The minimum Gasteiger partial charge on any atom is -0.481 e. The van der Waals surface area contributed by atoms with E-state index in [1.807, 2.05) is 13.8 Å². The number of aliphatic carboxylic acids is 2. The van der Waals surface area contributed by atoms with E-state index in [1.54, 1.807) is 0 Å². The highest BCUT2D eigenvalue weighted by Crippen LogP contribution is 2.75. The van der Waals surface area contributed by atoms with Crippen molar-refractivity contribution in [3.05, 3.63) is 0 Å². The number of carbonyl (C=O) groups excluding carboxylic acids is 2. The fourth-order valence-corrected chi connectivity index (χ4v) is 10.5. The molecule has 4 saturated carbocycles. The lowest BCUT2D eigenvalue weighted by molar-refractivity contribution is -0.252. The van der Waals surface area contributed by atoms with Crippen LogP contribution in [0.1, 0.15) is 91.4 Å². The predicted molar refractivity (Wildman–Crippen MR) is 135 cm³/mol. The van der Waals surface area contributed by atoms with Crippen molar-refractivity contribution in [1.82, 2.24) is 0 Å². The summed E-state index contributed by atoms with van der Waals surface area (Å²) in [4.78, 5) is 49.4. The molecule has 0 amide bonds. The third-order valence-corrected chi connectivity index (χ3v) is 12.3. The maximum atomic E-state index is 13.5. The summed E-state index contributed by atoms with van der Waals surface area (Å²) in [5.41, 5.74) is -2.55. The minimum atomic E-state index is -2.44. The van der Waals surface area contributed by atoms with E-state index in [0.29, 0.717) is 25.7 Å². The van der Waals surface area contributed by atoms with Gasteiger partial charge >= 0.3 is 11.9 Å². The molecule has 0 heterocycles. The number of carboxylic acids is 2. The van der Waals surface area contributed by atoms with Gasteiger partial charge in [-0.15, -0.1) is 11.6 Å². The Hall–Kier alpha value is -1.51. The van der Waals surface area contributed by atoms with Crippen molar-refractivity contribution in [3.63, 3.8) is 0 Å². The summed E-state index contributed by atoms with van der Waals surface area (Å²) < 4.78 is 0. The standard InChI is InChI=1S/C28H41ClO8/c1-16-12-19-17-4-9-26(10-6-22(32)33)13-20(30)28(36,37)15-25(26,3)18(17)5-8-24(19,2)27(16,21(31)14-29)11-7-23(34)35/h16-19,36-37H,4-15H2,1-3H3,(H,32,33)(H,34,35)/t16-,17+,18-,19-,24-,25+,26?,27+/m0/s1. The van der Waals surface area contributed by atoms with Gasteiger partial charge < -0.3 is 20.4 Å². The first kappa shape index (κ1) is 28.5. The topological polar surface area (TPSA) is 149 Å². The average molecular weight is 541 g/mol. The predicted octanol–water partition coefficient (Wildman–Crippen LogP) is 4.03. The normalized spacial score (nSPS) is 44.4. The van der Waals surface area contributed by atoms with Crippen LogP contribution in [0.15, 0.2) is 0 Å². The summed E-state index contributed by atoms with van der Waals surface area (Å²) in [5.74, 6) is -4.90. The first-order valence-corrected chi connectivity index (χ1v) is 14.1. The van der Waals surface area contributed by atoms with Gasteiger partial charge in [0.05, 0.1) is 5.88 Å². The summed E-state index contributed by atoms with van der Waals surface area (Å²) in [6.45, 7) is 6.19. The van der Waals surface area contributed by atoms with Gasteiger partial charge in [-0.1, -0.05) is 20.8 Å². The van der Waals surface area contributed by atoms with E-state index in [-0.39, 0.29) is 67.4 Å². The second kappa shape index (κ2) is 9.30. The Balaban J connectivity index is 1.75. The summed E-state index contributed by atoms with van der Waals surface area (Å²) >= 11 is 6.14. The SMILES string of the molecule is C[C@H]1C[C@H]2[C@@H]3CCC4(CCC(=O)O)CC(=O)C(O)(O)C[C@]4(C)[C@H]3CC[C@]2(C)[C@@]1(CCC(=O)O)C(=O)CCl. The number of aliphatic hydroxyl groups is 2. The highest BCUT2D eigenvalue weighted by molar-refractivity contribution is 6.28. The van der Waals surface area contributed by atoms with Crippen LogP contribution in [0.5, 0.6) is 0 Å². The highest BCUT2D eigenvalue weighted by atomic mass is 35.5. The van der Waals surface area contributed by atoms with Crippen molar-refractivity contribution >= 4 is 35.1 Å². The second-order valence-electron chi connectivity index (χ2n) is 13.1. The van der Waals surface area contributed by atoms with Crippen molar-refractivity contribution in [2.45, 2.75) is 97.2 Å². The molecule has 208 valence electrons. The number of ketones is 2. The van der Waals surface area contributed by atoms with Gasteiger partial charge in [-0.2, -0.15) is 0 Å². The monoisotopic (exact) mass is 540 g/mol. The minimum absolute atomic E-state index is 0.0356. The van der Waals surface area contributed by atoms with Crippen molar-refractivity contribution in [2.24, 2.45) is 45.3 Å². The van der Waals surface area contributed by atoms with E-state index in [2.05, 4.69) is 6.92 Å². The van der Waals surface area contributed by atoms with E-state index in [4.69, 9.17) is 11.6 Å². The largest absolute Gasteiger partial charge is 0.481 e. The maximum absolute atomic E-state index is 13.5. The first-order chi connectivity index (χ1) is 17.1. The van der Waals surface area contributed by atoms with Crippen LogP contribution in [0, 0.1) is 45.3 Å². The van der Waals surface area contributed by atoms with Crippen LogP contribution in [0.25, 0.3) is 0 Å². The van der Waals surface area contributed by atoms with Crippen molar-refractivity contribution in [3.8, 4) is 0 Å². The van der Waals surface area contributed by atoms with Gasteiger partial charge in [-0.05, 0) is 84.9 Å². The fourth-order valence-electron chi connectivity index (χ4n) is 10.3. The molecular formula is C28H41ClO8. The maximum Gasteiger partial charge on any atom is 0.303 e. The molecule has 0 aromatic rings. The third-order valence-electron chi connectivity index (χ3n) is 12.0. The summed E-state index contributed by atoms with van der Waals surface area (Å²) in [5, 5.41) is 40.3. The molecule has 0 radical (unpaired) electrons. The molecule has 1 unspecified atom stereocenters. The molecule has 4 fully saturated rings. The third kappa shape index (κ3) is 3.99. The molecular weight excluding hydrogens is 500 g/mol. The number of hydrogen-bond donors (Lipinski definition) is 4. The second-order valence-corrected chi connectivity index (χ2v) is 13.4. The Labute approximate surface area is 223 Å². The summed E-state index contributed by atoms with van der Waals surface area (Å²) in [6.07, 6.45) is 3.75. The van der Waals surface area contributed by atoms with E-state index in [1.165, 1.54) is 0 Å². The van der Waals surface area contributed by atoms with Gasteiger partial charge in [-0.3, -0.25) is 19.2 Å². The van der Waals surface area contributed by atoms with Crippen LogP contribution < -0.4 is 0 Å². The number of fused-ring (bicyclic) bond motifs is 5. The molecule has 0 saturated heterocycles. The average Bonchev–Trinajstić information content (AvgIpc) is 3.03. The number of carboxylic acid groups (broad SMARTS) is 2. The smallest absolute Gasteiger partial charge is 0.303 e. The Bertz CT molecular complexity index is 995. The molecule has 0 spiro atoms. The zero-order valence-corrected chi connectivity index (χ0v) is 22.9. The lowest BCUT2D eigenvalue weighted by atomic mass is 9.38. The molecule has 4 aliphatic rings. The van der Waals surface area contributed by atoms with Crippen molar-refractivity contribution < 1.29 is 39.6 Å². The Morgan fingerprint density at radius 3 is 2.16 bits per heavy atom. The Morgan fingerprint density at radius 1 is 0.946 bits per heavy atom. The molecule has 0 aromatic heterocycles. The lowest BCUT2D eigenvalue weighted by Gasteiger charge is -2.67. The summed E-state index contributed by atoms with van der Waals surface area (Å²) in [6, 6.07) is 0. The highest BCUT2D eigenvalue weighted by Gasteiger charge is 2.72. The van der Waals surface area contributed by atoms with Gasteiger partial charge in [0, 0.05) is 31.1 Å². The first-order valence-electron chi connectivity index (χ1n) is 13.6. The molecule has 8 atom stereocenters. The number of Topliss-reactive ketones (excluding diaryl/α,β-unsaturated/α-hetero) is 2. The molecule has 8 nitrogen and oxygen atoms in total. The Kier molecular flexibility index (Phi) is 7.16. The molecule has 37 heavy (non-hydrogen) atoms. The number of halogens is 1. The quantitative estimate of drug-likeness (QED) is 0.266. The molecule has 9 heteroatoms. The van der Waals surface area contributed by atoms with Crippen molar-refractivity contribution in [1.29, 1.82) is 0 Å². The molecule has 4 aliphatic carbocycles. The molecule has 0 aromatic carbocycles. The van der Waals surface area contributed by atoms with Crippen LogP contribution >= 0.6 is 11.6 Å². The van der Waals surface area contributed by atoms with Crippen LogP contribution in [-0.2, 0) is 19.2 Å². The van der Waals surface area contributed by atoms with Gasteiger partial charge in [0.25, 0.3) is 0 Å². The molecule has 4 N–H and O–H groups in total. The van der Waals surface area contributed by atoms with Gasteiger partial charge in [0.2, 0.25) is 5.79 Å². The van der Waals surface area contributed by atoms with Gasteiger partial charge in [0.15, 0.2) is 11.6 Å². The molecule has 0 aliphatic heterocycles. The van der Waals surface area contributed by atoms with E-state index in [9.17, 15) is 39.6 Å². The number of hydrogen-bond acceptors (Lipinski definition) is 6. The molecule has 4 rings (SSSR count). The van der Waals surface area contributed by atoms with E-state index in [0.717, 1.165) is 12.8 Å². The molecule has 0 bridgehead atoms. The zero-order valence-electron chi connectivity index (χ0n) is 22.1.